The average Bonchev–Trinajstić information content (AvgIpc) is 3.38. The summed E-state index contributed by atoms with van der Waals surface area (Å²) < 4.78 is 35.9. The van der Waals surface area contributed by atoms with Crippen molar-refractivity contribution in [2.45, 2.75) is 38.1 Å². The molecule has 1 aliphatic heterocycles. The molecule has 8 nitrogen and oxygen atoms in total. The molecule has 0 radical (unpaired) electrons. The van der Waals surface area contributed by atoms with Crippen LogP contribution in [0.1, 0.15) is 40.1 Å². The van der Waals surface area contributed by atoms with Gasteiger partial charge in [-0.05, 0) is 80.3 Å². The second-order valence-corrected chi connectivity index (χ2v) is 10.2. The Balaban J connectivity index is 1.32. The number of aryl methyl sites for hydroxylation is 2. The minimum atomic E-state index is -3.99. The summed E-state index contributed by atoms with van der Waals surface area (Å²) in [6.07, 6.45) is 2.71. The third-order valence-electron chi connectivity index (χ3n) is 6.09. The van der Waals surface area contributed by atoms with Crippen molar-refractivity contribution in [3.8, 4) is 5.75 Å². The number of carbonyl (C=O) groups is 2. The Bertz CT molecular complexity index is 1290. The maximum Gasteiger partial charge on any atom is 0.339 e. The van der Waals surface area contributed by atoms with Crippen LogP contribution >= 0.6 is 0 Å². The van der Waals surface area contributed by atoms with E-state index < -0.39 is 10.1 Å². The lowest BCUT2D eigenvalue weighted by atomic mass is 9.95. The predicted octanol–water partition coefficient (Wildman–Crippen LogP) is 3.83. The van der Waals surface area contributed by atoms with E-state index in [0.29, 0.717) is 49.4 Å². The molecule has 184 valence electrons. The molecule has 1 saturated heterocycles. The highest BCUT2D eigenvalue weighted by Crippen LogP contribution is 2.24. The zero-order chi connectivity index (χ0) is 25.0. The van der Waals surface area contributed by atoms with Crippen LogP contribution in [0.4, 0.5) is 0 Å². The number of amides is 2. The molecule has 0 spiro atoms. The van der Waals surface area contributed by atoms with Crippen LogP contribution in [0.2, 0.25) is 0 Å². The Kier molecular flexibility index (Phi) is 7.25. The van der Waals surface area contributed by atoms with E-state index in [2.05, 4.69) is 5.32 Å². The molecule has 0 saturated carbocycles. The highest BCUT2D eigenvalue weighted by Gasteiger charge is 2.28. The van der Waals surface area contributed by atoms with E-state index in [1.165, 1.54) is 12.1 Å². The van der Waals surface area contributed by atoms with Gasteiger partial charge in [-0.1, -0.05) is 12.1 Å². The first kappa shape index (κ1) is 24.5. The van der Waals surface area contributed by atoms with E-state index in [1.807, 2.05) is 13.0 Å². The topological polar surface area (TPSA) is 106 Å². The van der Waals surface area contributed by atoms with Crippen LogP contribution in [0.25, 0.3) is 0 Å². The Hall–Kier alpha value is -3.59. The minimum Gasteiger partial charge on any atom is -0.467 e. The van der Waals surface area contributed by atoms with Crippen molar-refractivity contribution >= 4 is 21.9 Å². The van der Waals surface area contributed by atoms with Crippen LogP contribution in [0, 0.1) is 19.8 Å². The maximum atomic E-state index is 12.9. The Morgan fingerprint density at radius 3 is 2.43 bits per heavy atom. The fourth-order valence-corrected chi connectivity index (χ4v) is 5.31. The first-order chi connectivity index (χ1) is 16.7. The number of rotatable bonds is 7. The molecule has 1 aromatic heterocycles. The molecular weight excluding hydrogens is 468 g/mol. The van der Waals surface area contributed by atoms with E-state index in [-0.39, 0.29) is 28.4 Å². The van der Waals surface area contributed by atoms with Crippen LogP contribution in [-0.2, 0) is 21.5 Å². The van der Waals surface area contributed by atoms with Gasteiger partial charge in [0.15, 0.2) is 0 Å². The third-order valence-corrected chi connectivity index (χ3v) is 7.48. The lowest BCUT2D eigenvalue weighted by Crippen LogP contribution is -2.42. The maximum absolute atomic E-state index is 12.9. The molecule has 1 aliphatic rings. The molecule has 0 atom stereocenters. The lowest BCUT2D eigenvalue weighted by molar-refractivity contribution is -0.126. The van der Waals surface area contributed by atoms with Gasteiger partial charge < -0.3 is 18.8 Å². The molecular formula is C26H28N2O6S. The second kappa shape index (κ2) is 10.4. The van der Waals surface area contributed by atoms with E-state index in [0.717, 1.165) is 5.56 Å². The normalized spacial score (nSPS) is 14.5. The molecule has 2 heterocycles. The van der Waals surface area contributed by atoms with Crippen LogP contribution in [0.15, 0.2) is 70.2 Å². The summed E-state index contributed by atoms with van der Waals surface area (Å²) in [5, 5.41) is 2.87. The summed E-state index contributed by atoms with van der Waals surface area (Å²) in [5.74, 6) is 0.470. The van der Waals surface area contributed by atoms with Gasteiger partial charge in [0, 0.05) is 24.6 Å². The van der Waals surface area contributed by atoms with Gasteiger partial charge in [-0.15, -0.1) is 0 Å². The SMILES string of the molecule is Cc1ccc(C)c(S(=O)(=O)Oc2ccc(C(=O)N3CCC(C(=O)NCc4ccco4)CC3)cc2)c1. The van der Waals surface area contributed by atoms with Crippen LogP contribution < -0.4 is 9.50 Å². The summed E-state index contributed by atoms with van der Waals surface area (Å²) >= 11 is 0. The molecule has 0 aliphatic carbocycles. The van der Waals surface area contributed by atoms with Crippen molar-refractivity contribution in [1.29, 1.82) is 0 Å². The standard InChI is InChI=1S/C26H28N2O6S/c1-18-5-6-19(2)24(16-18)35(31,32)34-22-9-7-21(8-10-22)26(30)28-13-11-20(12-14-28)25(29)27-17-23-4-3-15-33-23/h3-10,15-16,20H,11-14,17H2,1-2H3,(H,27,29). The average molecular weight is 497 g/mol. The molecule has 2 aromatic carbocycles. The Morgan fingerprint density at radius 2 is 1.77 bits per heavy atom. The van der Waals surface area contributed by atoms with Gasteiger partial charge in [0.25, 0.3) is 5.91 Å². The molecule has 9 heteroatoms. The van der Waals surface area contributed by atoms with E-state index >= 15 is 0 Å². The van der Waals surface area contributed by atoms with Crippen LogP contribution in [0.3, 0.4) is 0 Å². The number of furan rings is 1. The van der Waals surface area contributed by atoms with Crippen molar-refractivity contribution in [3.05, 3.63) is 83.3 Å². The molecule has 1 N–H and O–H groups in total. The number of likely N-dealkylation sites (tertiary alicyclic amines) is 1. The number of benzene rings is 2. The summed E-state index contributed by atoms with van der Waals surface area (Å²) in [5.41, 5.74) is 1.85. The Labute approximate surface area is 205 Å². The number of nitrogens with one attached hydrogen (secondary N) is 1. The van der Waals surface area contributed by atoms with E-state index in [4.69, 9.17) is 8.60 Å². The molecule has 35 heavy (non-hydrogen) atoms. The number of hydrogen-bond acceptors (Lipinski definition) is 6. The number of nitrogens with zero attached hydrogens (tertiary/aromatic N) is 1. The van der Waals surface area contributed by atoms with Gasteiger partial charge in [0.1, 0.15) is 16.4 Å². The van der Waals surface area contributed by atoms with Gasteiger partial charge in [0.05, 0.1) is 12.8 Å². The second-order valence-electron chi connectivity index (χ2n) is 8.69. The van der Waals surface area contributed by atoms with Crippen molar-refractivity contribution in [1.82, 2.24) is 10.2 Å². The van der Waals surface area contributed by atoms with Gasteiger partial charge in [-0.25, -0.2) is 0 Å². The summed E-state index contributed by atoms with van der Waals surface area (Å²) in [4.78, 5) is 27.2. The monoisotopic (exact) mass is 496 g/mol. The number of carbonyl (C=O) groups excluding carboxylic acids is 2. The zero-order valence-electron chi connectivity index (χ0n) is 19.7. The van der Waals surface area contributed by atoms with Gasteiger partial charge in [0.2, 0.25) is 5.91 Å². The van der Waals surface area contributed by atoms with Gasteiger partial charge in [-0.2, -0.15) is 8.42 Å². The summed E-state index contributed by atoms with van der Waals surface area (Å²) in [6.45, 7) is 4.81. The number of piperidine rings is 1. The molecule has 1 fully saturated rings. The molecule has 4 rings (SSSR count). The quantitative estimate of drug-likeness (QED) is 0.499. The number of hydrogen-bond donors (Lipinski definition) is 1. The van der Waals surface area contributed by atoms with Crippen LogP contribution in [-0.4, -0.2) is 38.2 Å². The predicted molar refractivity (Wildman–Crippen MR) is 129 cm³/mol. The largest absolute Gasteiger partial charge is 0.467 e. The molecule has 2 amide bonds. The third kappa shape index (κ3) is 5.92. The Morgan fingerprint density at radius 1 is 1.06 bits per heavy atom. The van der Waals surface area contributed by atoms with Gasteiger partial charge in [-0.3, -0.25) is 9.59 Å². The zero-order valence-corrected chi connectivity index (χ0v) is 20.5. The fourth-order valence-electron chi connectivity index (χ4n) is 4.06. The van der Waals surface area contributed by atoms with Crippen molar-refractivity contribution in [3.63, 3.8) is 0 Å². The highest BCUT2D eigenvalue weighted by molar-refractivity contribution is 7.87. The summed E-state index contributed by atoms with van der Waals surface area (Å²) in [6, 6.07) is 14.8. The fraction of sp³-hybridized carbons (Fsp3) is 0.308. The minimum absolute atomic E-state index is 0.0416. The van der Waals surface area contributed by atoms with E-state index in [9.17, 15) is 18.0 Å². The first-order valence-electron chi connectivity index (χ1n) is 11.4. The molecule has 0 unspecified atom stereocenters. The van der Waals surface area contributed by atoms with Crippen molar-refractivity contribution < 1.29 is 26.6 Å². The van der Waals surface area contributed by atoms with Crippen molar-refractivity contribution in [2.75, 3.05) is 13.1 Å². The van der Waals surface area contributed by atoms with Crippen LogP contribution in [0.5, 0.6) is 5.75 Å². The smallest absolute Gasteiger partial charge is 0.339 e. The molecule has 3 aromatic rings. The summed E-state index contributed by atoms with van der Waals surface area (Å²) in [7, 11) is -3.99. The van der Waals surface area contributed by atoms with E-state index in [1.54, 1.807) is 54.5 Å². The molecule has 0 bridgehead atoms. The van der Waals surface area contributed by atoms with Crippen molar-refractivity contribution in [2.24, 2.45) is 5.92 Å². The lowest BCUT2D eigenvalue weighted by Gasteiger charge is -2.31. The highest BCUT2D eigenvalue weighted by atomic mass is 32.2. The first-order valence-corrected chi connectivity index (χ1v) is 12.8. The van der Waals surface area contributed by atoms with Gasteiger partial charge >= 0.3 is 10.1 Å².